The second-order valence-electron chi connectivity index (χ2n) is 4.42. The summed E-state index contributed by atoms with van der Waals surface area (Å²) >= 11 is 0. The number of ether oxygens (including phenoxy) is 2. The van der Waals surface area contributed by atoms with Gasteiger partial charge in [0.05, 0.1) is 14.2 Å². The Kier molecular flexibility index (Phi) is 7.04. The molecule has 0 fully saturated rings. The van der Waals surface area contributed by atoms with Gasteiger partial charge in [-0.3, -0.25) is 0 Å². The van der Waals surface area contributed by atoms with Gasteiger partial charge in [-0.1, -0.05) is 37.6 Å². The summed E-state index contributed by atoms with van der Waals surface area (Å²) in [5.41, 5.74) is 2.43. The standard InChI is InChI=1S/C16H25NO2/c1-5-10-17-12-13(6-2)11-14-8-7-9-15(18-3)16(14)19-4/h7-9,11,17H,5-6,10,12H2,1-4H3. The van der Waals surface area contributed by atoms with Gasteiger partial charge in [0, 0.05) is 12.1 Å². The first-order valence-electron chi connectivity index (χ1n) is 6.87. The van der Waals surface area contributed by atoms with Crippen molar-refractivity contribution in [3.05, 3.63) is 29.3 Å². The van der Waals surface area contributed by atoms with Crippen molar-refractivity contribution in [1.82, 2.24) is 5.32 Å². The maximum atomic E-state index is 5.45. The van der Waals surface area contributed by atoms with Gasteiger partial charge in [-0.2, -0.15) is 0 Å². The minimum absolute atomic E-state index is 0.772. The SMILES string of the molecule is CCCNCC(=Cc1cccc(OC)c1OC)CC. The molecule has 0 unspecified atom stereocenters. The molecule has 0 radical (unpaired) electrons. The molecule has 1 aromatic carbocycles. The Hall–Kier alpha value is -1.48. The number of benzene rings is 1. The molecule has 106 valence electrons. The van der Waals surface area contributed by atoms with Crippen LogP contribution in [0.15, 0.2) is 23.8 Å². The fraction of sp³-hybridized carbons (Fsp3) is 0.500. The van der Waals surface area contributed by atoms with E-state index >= 15 is 0 Å². The van der Waals surface area contributed by atoms with Gasteiger partial charge in [-0.25, -0.2) is 0 Å². The largest absolute Gasteiger partial charge is 0.493 e. The number of hydrogen-bond donors (Lipinski definition) is 1. The quantitative estimate of drug-likeness (QED) is 0.728. The Labute approximate surface area is 116 Å². The van der Waals surface area contributed by atoms with Crippen LogP contribution in [0.3, 0.4) is 0 Å². The summed E-state index contributed by atoms with van der Waals surface area (Å²) in [6.07, 6.45) is 4.36. The summed E-state index contributed by atoms with van der Waals surface area (Å²) in [6.45, 7) is 6.32. The Morgan fingerprint density at radius 2 is 2.00 bits per heavy atom. The number of rotatable bonds is 8. The van der Waals surface area contributed by atoms with Gasteiger partial charge >= 0.3 is 0 Å². The second-order valence-corrected chi connectivity index (χ2v) is 4.42. The molecule has 0 bridgehead atoms. The highest BCUT2D eigenvalue weighted by atomic mass is 16.5. The zero-order chi connectivity index (χ0) is 14.1. The lowest BCUT2D eigenvalue weighted by atomic mass is 10.1. The first-order valence-corrected chi connectivity index (χ1v) is 6.87. The molecule has 3 nitrogen and oxygen atoms in total. The van der Waals surface area contributed by atoms with E-state index in [0.29, 0.717) is 0 Å². The summed E-state index contributed by atoms with van der Waals surface area (Å²) in [7, 11) is 3.34. The average Bonchev–Trinajstić information content (AvgIpc) is 2.45. The van der Waals surface area contributed by atoms with Crippen LogP contribution in [-0.4, -0.2) is 27.3 Å². The van der Waals surface area contributed by atoms with Crippen LogP contribution >= 0.6 is 0 Å². The second kappa shape index (κ2) is 8.59. The molecule has 3 heteroatoms. The zero-order valence-corrected chi connectivity index (χ0v) is 12.5. The van der Waals surface area contributed by atoms with Crippen LogP contribution in [0.25, 0.3) is 6.08 Å². The Morgan fingerprint density at radius 1 is 1.21 bits per heavy atom. The fourth-order valence-corrected chi connectivity index (χ4v) is 1.95. The Bertz CT molecular complexity index is 413. The van der Waals surface area contributed by atoms with Crippen molar-refractivity contribution < 1.29 is 9.47 Å². The molecular formula is C16H25NO2. The average molecular weight is 263 g/mol. The minimum Gasteiger partial charge on any atom is -0.493 e. The van der Waals surface area contributed by atoms with Crippen LogP contribution in [-0.2, 0) is 0 Å². The number of para-hydroxylation sites is 1. The third kappa shape index (κ3) is 4.60. The molecule has 19 heavy (non-hydrogen) atoms. The molecule has 0 heterocycles. The number of nitrogens with one attached hydrogen (secondary N) is 1. The van der Waals surface area contributed by atoms with Crippen LogP contribution in [0.4, 0.5) is 0 Å². The van der Waals surface area contributed by atoms with Gasteiger partial charge in [0.2, 0.25) is 0 Å². The Balaban J connectivity index is 2.93. The van der Waals surface area contributed by atoms with Gasteiger partial charge in [0.1, 0.15) is 0 Å². The smallest absolute Gasteiger partial charge is 0.167 e. The third-order valence-electron chi connectivity index (χ3n) is 3.03. The van der Waals surface area contributed by atoms with Crippen LogP contribution < -0.4 is 14.8 Å². The summed E-state index contributed by atoms with van der Waals surface area (Å²) in [4.78, 5) is 0. The van der Waals surface area contributed by atoms with Crippen LogP contribution in [0, 0.1) is 0 Å². The van der Waals surface area contributed by atoms with Crippen molar-refractivity contribution in [3.63, 3.8) is 0 Å². The third-order valence-corrected chi connectivity index (χ3v) is 3.03. The summed E-state index contributed by atoms with van der Waals surface area (Å²) in [5, 5.41) is 3.43. The predicted molar refractivity (Wildman–Crippen MR) is 81.0 cm³/mol. The van der Waals surface area contributed by atoms with Gasteiger partial charge in [0.25, 0.3) is 0 Å². The topological polar surface area (TPSA) is 30.5 Å². The van der Waals surface area contributed by atoms with E-state index in [1.807, 2.05) is 12.1 Å². The maximum absolute atomic E-state index is 5.45. The molecular weight excluding hydrogens is 238 g/mol. The molecule has 0 atom stereocenters. The van der Waals surface area contributed by atoms with Gasteiger partial charge in [0.15, 0.2) is 11.5 Å². The van der Waals surface area contributed by atoms with E-state index in [2.05, 4.69) is 31.3 Å². The minimum atomic E-state index is 0.772. The number of hydrogen-bond acceptors (Lipinski definition) is 3. The van der Waals surface area contributed by atoms with Crippen LogP contribution in [0.2, 0.25) is 0 Å². The van der Waals surface area contributed by atoms with Crippen molar-refractivity contribution in [2.75, 3.05) is 27.3 Å². The van der Waals surface area contributed by atoms with E-state index in [9.17, 15) is 0 Å². The summed E-state index contributed by atoms with van der Waals surface area (Å²) in [6, 6.07) is 5.95. The lowest BCUT2D eigenvalue weighted by Crippen LogP contribution is -2.17. The zero-order valence-electron chi connectivity index (χ0n) is 12.5. The fourth-order valence-electron chi connectivity index (χ4n) is 1.95. The normalized spacial score (nSPS) is 11.5. The van der Waals surface area contributed by atoms with Crippen LogP contribution in [0.1, 0.15) is 32.3 Å². The van der Waals surface area contributed by atoms with E-state index in [1.165, 1.54) is 5.57 Å². The summed E-state index contributed by atoms with van der Waals surface area (Å²) in [5.74, 6) is 1.57. The number of methoxy groups -OCH3 is 2. The molecule has 1 rings (SSSR count). The first kappa shape index (κ1) is 15.6. The highest BCUT2D eigenvalue weighted by molar-refractivity contribution is 5.64. The molecule has 0 amide bonds. The van der Waals surface area contributed by atoms with E-state index in [4.69, 9.17) is 9.47 Å². The molecule has 0 saturated heterocycles. The van der Waals surface area contributed by atoms with Crippen molar-refractivity contribution in [2.45, 2.75) is 26.7 Å². The molecule has 1 aromatic rings. The van der Waals surface area contributed by atoms with Crippen LogP contribution in [0.5, 0.6) is 11.5 Å². The predicted octanol–water partition coefficient (Wildman–Crippen LogP) is 3.50. The maximum Gasteiger partial charge on any atom is 0.167 e. The van der Waals surface area contributed by atoms with E-state index in [1.54, 1.807) is 14.2 Å². The Morgan fingerprint density at radius 3 is 2.58 bits per heavy atom. The first-order chi connectivity index (χ1) is 9.26. The molecule has 0 aliphatic heterocycles. The lowest BCUT2D eigenvalue weighted by Gasteiger charge is -2.12. The monoisotopic (exact) mass is 263 g/mol. The van der Waals surface area contributed by atoms with Crippen molar-refractivity contribution in [3.8, 4) is 11.5 Å². The highest BCUT2D eigenvalue weighted by Crippen LogP contribution is 2.32. The van der Waals surface area contributed by atoms with E-state index < -0.39 is 0 Å². The van der Waals surface area contributed by atoms with Crippen molar-refractivity contribution in [1.29, 1.82) is 0 Å². The molecule has 0 aromatic heterocycles. The molecule has 1 N–H and O–H groups in total. The molecule has 0 saturated carbocycles. The lowest BCUT2D eigenvalue weighted by molar-refractivity contribution is 0.354. The van der Waals surface area contributed by atoms with Gasteiger partial charge < -0.3 is 14.8 Å². The van der Waals surface area contributed by atoms with E-state index in [0.717, 1.165) is 43.0 Å². The van der Waals surface area contributed by atoms with Gasteiger partial charge in [-0.15, -0.1) is 0 Å². The highest BCUT2D eigenvalue weighted by Gasteiger charge is 2.08. The summed E-state index contributed by atoms with van der Waals surface area (Å²) < 4.78 is 10.8. The van der Waals surface area contributed by atoms with E-state index in [-0.39, 0.29) is 0 Å². The van der Waals surface area contributed by atoms with Crippen molar-refractivity contribution >= 4 is 6.08 Å². The molecule has 0 aliphatic rings. The van der Waals surface area contributed by atoms with Crippen molar-refractivity contribution in [2.24, 2.45) is 0 Å². The molecule has 0 spiro atoms. The van der Waals surface area contributed by atoms with Gasteiger partial charge in [-0.05, 0) is 25.5 Å². The molecule has 0 aliphatic carbocycles.